The zero-order valence-electron chi connectivity index (χ0n) is 11.6. The molecule has 20 heavy (non-hydrogen) atoms. The van der Waals surface area contributed by atoms with Gasteiger partial charge in [0.2, 0.25) is 0 Å². The molecule has 0 aromatic heterocycles. The van der Waals surface area contributed by atoms with Crippen molar-refractivity contribution in [1.29, 1.82) is 0 Å². The van der Waals surface area contributed by atoms with Crippen LogP contribution in [0.4, 0.5) is 0 Å². The van der Waals surface area contributed by atoms with Gasteiger partial charge >= 0.3 is 0 Å². The highest BCUT2D eigenvalue weighted by molar-refractivity contribution is 14.0. The summed E-state index contributed by atoms with van der Waals surface area (Å²) in [4.78, 5) is 6.61. The largest absolute Gasteiger partial charge is 0.370 e. The van der Waals surface area contributed by atoms with Gasteiger partial charge in [0.25, 0.3) is 0 Å². The van der Waals surface area contributed by atoms with Crippen molar-refractivity contribution in [1.82, 2.24) is 4.90 Å². The SMILES string of the molecule is CN(C(N)=NCc1cccc2ccccc12)C1CC1.I. The zero-order chi connectivity index (χ0) is 13.2. The van der Waals surface area contributed by atoms with Gasteiger partial charge in [0.15, 0.2) is 5.96 Å². The Morgan fingerprint density at radius 2 is 1.90 bits per heavy atom. The summed E-state index contributed by atoms with van der Waals surface area (Å²) in [5.74, 6) is 0.649. The van der Waals surface area contributed by atoms with Gasteiger partial charge in [-0.25, -0.2) is 4.99 Å². The van der Waals surface area contributed by atoms with Gasteiger partial charge in [-0.05, 0) is 29.2 Å². The average molecular weight is 381 g/mol. The third-order valence-corrected chi connectivity index (χ3v) is 3.75. The number of rotatable bonds is 3. The van der Waals surface area contributed by atoms with Crippen molar-refractivity contribution in [2.24, 2.45) is 10.7 Å². The first kappa shape index (κ1) is 15.1. The fraction of sp³-hybridized carbons (Fsp3) is 0.312. The summed E-state index contributed by atoms with van der Waals surface area (Å²) >= 11 is 0. The molecule has 2 N–H and O–H groups in total. The van der Waals surface area contributed by atoms with Crippen molar-refractivity contribution < 1.29 is 0 Å². The molecular formula is C16H20IN3. The lowest BCUT2D eigenvalue weighted by Gasteiger charge is -2.17. The van der Waals surface area contributed by atoms with Crippen LogP contribution in [-0.4, -0.2) is 23.9 Å². The van der Waals surface area contributed by atoms with Crippen molar-refractivity contribution in [3.05, 3.63) is 48.0 Å². The number of nitrogens with two attached hydrogens (primary N) is 1. The lowest BCUT2D eigenvalue weighted by molar-refractivity contribution is 0.487. The number of halogens is 1. The van der Waals surface area contributed by atoms with Crippen LogP contribution in [0.2, 0.25) is 0 Å². The minimum atomic E-state index is 0. The van der Waals surface area contributed by atoms with Crippen LogP contribution in [0.25, 0.3) is 10.8 Å². The lowest BCUT2D eigenvalue weighted by atomic mass is 10.1. The van der Waals surface area contributed by atoms with Crippen LogP contribution in [0.5, 0.6) is 0 Å². The fourth-order valence-electron chi connectivity index (χ4n) is 2.36. The van der Waals surface area contributed by atoms with E-state index in [2.05, 4.69) is 52.4 Å². The third kappa shape index (κ3) is 3.23. The number of benzene rings is 2. The summed E-state index contributed by atoms with van der Waals surface area (Å²) in [6.45, 7) is 0.643. The second kappa shape index (κ2) is 6.43. The highest BCUT2D eigenvalue weighted by atomic mass is 127. The first-order chi connectivity index (χ1) is 9.25. The van der Waals surface area contributed by atoms with E-state index in [0.717, 1.165) is 0 Å². The Kier molecular flexibility index (Phi) is 4.86. The van der Waals surface area contributed by atoms with Gasteiger partial charge in [0.05, 0.1) is 6.54 Å². The zero-order valence-corrected chi connectivity index (χ0v) is 14.0. The van der Waals surface area contributed by atoms with Crippen LogP contribution in [0.15, 0.2) is 47.5 Å². The van der Waals surface area contributed by atoms with E-state index in [-0.39, 0.29) is 24.0 Å². The number of guanidine groups is 1. The molecule has 0 saturated heterocycles. The molecule has 0 aliphatic heterocycles. The van der Waals surface area contributed by atoms with Crippen LogP contribution in [0, 0.1) is 0 Å². The van der Waals surface area contributed by atoms with Crippen LogP contribution in [0.3, 0.4) is 0 Å². The highest BCUT2D eigenvalue weighted by Crippen LogP contribution is 2.25. The minimum Gasteiger partial charge on any atom is -0.370 e. The summed E-state index contributed by atoms with van der Waals surface area (Å²) in [6, 6.07) is 15.3. The second-order valence-electron chi connectivity index (χ2n) is 5.15. The Morgan fingerprint density at radius 3 is 2.65 bits per heavy atom. The molecule has 0 bridgehead atoms. The maximum Gasteiger partial charge on any atom is 0.191 e. The van der Waals surface area contributed by atoms with E-state index in [4.69, 9.17) is 5.73 Å². The molecule has 0 radical (unpaired) electrons. The predicted molar refractivity (Wildman–Crippen MR) is 95.5 cm³/mol. The van der Waals surface area contributed by atoms with Crippen molar-refractivity contribution >= 4 is 40.7 Å². The molecule has 0 amide bonds. The Bertz CT molecular complexity index is 615. The van der Waals surface area contributed by atoms with Gasteiger partial charge in [-0.15, -0.1) is 24.0 Å². The van der Waals surface area contributed by atoms with E-state index in [1.807, 2.05) is 7.05 Å². The second-order valence-corrected chi connectivity index (χ2v) is 5.15. The third-order valence-electron chi connectivity index (χ3n) is 3.75. The Hall–Kier alpha value is -1.30. The number of fused-ring (bicyclic) bond motifs is 1. The summed E-state index contributed by atoms with van der Waals surface area (Å²) in [7, 11) is 2.03. The topological polar surface area (TPSA) is 41.6 Å². The molecule has 0 atom stereocenters. The molecule has 1 aliphatic carbocycles. The van der Waals surface area contributed by atoms with E-state index < -0.39 is 0 Å². The van der Waals surface area contributed by atoms with Crippen molar-refractivity contribution in [3.8, 4) is 0 Å². The number of hydrogen-bond donors (Lipinski definition) is 1. The molecule has 2 aromatic rings. The molecule has 0 unspecified atom stereocenters. The minimum absolute atomic E-state index is 0. The Balaban J connectivity index is 0.00000147. The Labute approximate surface area is 136 Å². The number of aliphatic imine (C=N–C) groups is 1. The number of nitrogens with zero attached hydrogens (tertiary/aromatic N) is 2. The van der Waals surface area contributed by atoms with Crippen LogP contribution in [-0.2, 0) is 6.54 Å². The molecule has 4 heteroatoms. The first-order valence-electron chi connectivity index (χ1n) is 6.75. The van der Waals surface area contributed by atoms with Crippen molar-refractivity contribution in [2.45, 2.75) is 25.4 Å². The monoisotopic (exact) mass is 381 g/mol. The van der Waals surface area contributed by atoms with E-state index in [1.54, 1.807) is 0 Å². The average Bonchev–Trinajstić information content (AvgIpc) is 3.28. The lowest BCUT2D eigenvalue weighted by Crippen LogP contribution is -2.35. The molecule has 2 aromatic carbocycles. The van der Waals surface area contributed by atoms with Gasteiger partial charge in [0.1, 0.15) is 0 Å². The standard InChI is InChI=1S/C16H19N3.HI/c1-19(14-9-10-14)16(17)18-11-13-7-4-6-12-5-2-3-8-15(12)13;/h2-8,14H,9-11H2,1H3,(H2,17,18);1H. The molecule has 0 spiro atoms. The van der Waals surface area contributed by atoms with Gasteiger partial charge in [-0.2, -0.15) is 0 Å². The maximum atomic E-state index is 6.03. The fourth-order valence-corrected chi connectivity index (χ4v) is 2.36. The summed E-state index contributed by atoms with van der Waals surface area (Å²) in [5.41, 5.74) is 7.25. The number of hydrogen-bond acceptors (Lipinski definition) is 1. The van der Waals surface area contributed by atoms with Gasteiger partial charge in [-0.3, -0.25) is 0 Å². The normalized spacial score (nSPS) is 14.9. The molecular weight excluding hydrogens is 361 g/mol. The molecule has 3 rings (SSSR count). The summed E-state index contributed by atoms with van der Waals surface area (Å²) in [5, 5.41) is 2.51. The van der Waals surface area contributed by atoms with Crippen LogP contribution in [0.1, 0.15) is 18.4 Å². The van der Waals surface area contributed by atoms with E-state index in [0.29, 0.717) is 18.5 Å². The Morgan fingerprint density at radius 1 is 1.20 bits per heavy atom. The first-order valence-corrected chi connectivity index (χ1v) is 6.75. The van der Waals surface area contributed by atoms with Gasteiger partial charge in [-0.1, -0.05) is 42.5 Å². The molecule has 106 valence electrons. The summed E-state index contributed by atoms with van der Waals surface area (Å²) in [6.07, 6.45) is 2.47. The van der Waals surface area contributed by atoms with Crippen molar-refractivity contribution in [2.75, 3.05) is 7.05 Å². The van der Waals surface area contributed by atoms with E-state index in [9.17, 15) is 0 Å². The van der Waals surface area contributed by atoms with E-state index in [1.165, 1.54) is 29.2 Å². The highest BCUT2D eigenvalue weighted by Gasteiger charge is 2.27. The van der Waals surface area contributed by atoms with E-state index >= 15 is 0 Å². The molecule has 1 fully saturated rings. The molecule has 3 nitrogen and oxygen atoms in total. The van der Waals surface area contributed by atoms with Crippen LogP contribution < -0.4 is 5.73 Å². The molecule has 1 aliphatic rings. The molecule has 0 heterocycles. The summed E-state index contributed by atoms with van der Waals surface area (Å²) < 4.78 is 0. The van der Waals surface area contributed by atoms with Gasteiger partial charge < -0.3 is 10.6 Å². The quantitative estimate of drug-likeness (QED) is 0.503. The molecule has 1 saturated carbocycles. The smallest absolute Gasteiger partial charge is 0.191 e. The maximum absolute atomic E-state index is 6.03. The van der Waals surface area contributed by atoms with Crippen molar-refractivity contribution in [3.63, 3.8) is 0 Å². The van der Waals surface area contributed by atoms with Crippen LogP contribution >= 0.6 is 24.0 Å². The van der Waals surface area contributed by atoms with Gasteiger partial charge in [0, 0.05) is 13.1 Å². The predicted octanol–water partition coefficient (Wildman–Crippen LogP) is 3.37.